The minimum Gasteiger partial charge on any atom is -0.399 e. The maximum absolute atomic E-state index is 13.5. The molecule has 1 aromatic carbocycles. The van der Waals surface area contributed by atoms with Crippen molar-refractivity contribution in [2.45, 2.75) is 13.8 Å². The van der Waals surface area contributed by atoms with Gasteiger partial charge in [0.2, 0.25) is 5.91 Å². The van der Waals surface area contributed by atoms with Crippen molar-refractivity contribution in [1.29, 1.82) is 0 Å². The highest BCUT2D eigenvalue weighted by Crippen LogP contribution is 2.22. The topological polar surface area (TPSA) is 58.4 Å². The first-order valence-corrected chi connectivity index (χ1v) is 6.53. The lowest BCUT2D eigenvalue weighted by Gasteiger charge is -2.15. The highest BCUT2D eigenvalue weighted by atomic mass is 19.1. The Bertz CT molecular complexity index is 468. The number of carbonyl (C=O) groups excluding carboxylic acids is 1. The summed E-state index contributed by atoms with van der Waals surface area (Å²) in [4.78, 5) is 14.0. The van der Waals surface area contributed by atoms with Gasteiger partial charge in [0.15, 0.2) is 0 Å². The number of hydrogen-bond acceptors (Lipinski definition) is 3. The second kappa shape index (κ2) is 5.57. The molecule has 1 amide bonds. The van der Waals surface area contributed by atoms with Crippen LogP contribution in [0.3, 0.4) is 0 Å². The molecule has 2 unspecified atom stereocenters. The van der Waals surface area contributed by atoms with E-state index >= 15 is 0 Å². The van der Waals surface area contributed by atoms with Crippen molar-refractivity contribution in [3.8, 4) is 0 Å². The van der Waals surface area contributed by atoms with Gasteiger partial charge in [0.25, 0.3) is 0 Å². The Labute approximate surface area is 112 Å². The first-order valence-electron chi connectivity index (χ1n) is 6.53. The molecule has 5 heteroatoms. The Balaban J connectivity index is 1.93. The number of nitrogen functional groups attached to an aromatic ring is 1. The van der Waals surface area contributed by atoms with Crippen LogP contribution in [0.5, 0.6) is 0 Å². The monoisotopic (exact) mass is 265 g/mol. The number of amides is 1. The van der Waals surface area contributed by atoms with E-state index in [0.29, 0.717) is 24.1 Å². The molecular formula is C14H20FN3O. The van der Waals surface area contributed by atoms with E-state index in [1.807, 2.05) is 0 Å². The van der Waals surface area contributed by atoms with Gasteiger partial charge in [-0.2, -0.15) is 0 Å². The van der Waals surface area contributed by atoms with Crippen LogP contribution in [-0.2, 0) is 4.79 Å². The molecule has 1 aliphatic rings. The van der Waals surface area contributed by atoms with Crippen molar-refractivity contribution < 1.29 is 9.18 Å². The number of halogens is 1. The normalized spacial score (nSPS) is 23.5. The van der Waals surface area contributed by atoms with E-state index in [4.69, 9.17) is 5.73 Å². The molecule has 19 heavy (non-hydrogen) atoms. The van der Waals surface area contributed by atoms with Gasteiger partial charge in [-0.25, -0.2) is 4.39 Å². The quantitative estimate of drug-likeness (QED) is 0.821. The van der Waals surface area contributed by atoms with Crippen molar-refractivity contribution in [3.63, 3.8) is 0 Å². The first-order chi connectivity index (χ1) is 8.95. The zero-order valence-corrected chi connectivity index (χ0v) is 11.3. The molecule has 1 aromatic rings. The van der Waals surface area contributed by atoms with Gasteiger partial charge < -0.3 is 11.1 Å². The molecular weight excluding hydrogens is 245 g/mol. The van der Waals surface area contributed by atoms with Crippen LogP contribution in [0.2, 0.25) is 0 Å². The van der Waals surface area contributed by atoms with Crippen LogP contribution in [0.1, 0.15) is 13.8 Å². The van der Waals surface area contributed by atoms with Gasteiger partial charge in [-0.05, 0) is 30.0 Å². The third-order valence-electron chi connectivity index (χ3n) is 3.70. The lowest BCUT2D eigenvalue weighted by molar-refractivity contribution is -0.117. The molecule has 0 aliphatic carbocycles. The highest BCUT2D eigenvalue weighted by Gasteiger charge is 2.27. The number of anilines is 2. The SMILES string of the molecule is CC1CN(CC(=O)Nc2cc(N)ccc2F)CC1C. The fourth-order valence-electron chi connectivity index (χ4n) is 2.41. The fourth-order valence-corrected chi connectivity index (χ4v) is 2.41. The van der Waals surface area contributed by atoms with Gasteiger partial charge >= 0.3 is 0 Å². The minimum atomic E-state index is -0.467. The maximum atomic E-state index is 13.5. The summed E-state index contributed by atoms with van der Waals surface area (Å²) < 4.78 is 13.5. The smallest absolute Gasteiger partial charge is 0.238 e. The number of nitrogens with zero attached hydrogens (tertiary/aromatic N) is 1. The van der Waals surface area contributed by atoms with E-state index in [1.165, 1.54) is 18.2 Å². The standard InChI is InChI=1S/C14H20FN3O/c1-9-6-18(7-10(9)2)8-14(19)17-13-5-11(16)3-4-12(13)15/h3-5,9-10H,6-8,16H2,1-2H3,(H,17,19). The summed E-state index contributed by atoms with van der Waals surface area (Å²) in [6.07, 6.45) is 0. The summed E-state index contributed by atoms with van der Waals surface area (Å²) in [5, 5.41) is 2.57. The van der Waals surface area contributed by atoms with Gasteiger partial charge in [-0.15, -0.1) is 0 Å². The summed E-state index contributed by atoms with van der Waals surface area (Å²) in [5.41, 5.74) is 6.15. The highest BCUT2D eigenvalue weighted by molar-refractivity contribution is 5.92. The average molecular weight is 265 g/mol. The van der Waals surface area contributed by atoms with Crippen LogP contribution in [0.25, 0.3) is 0 Å². The molecule has 1 saturated heterocycles. The Morgan fingerprint density at radius 3 is 2.68 bits per heavy atom. The van der Waals surface area contributed by atoms with Crippen LogP contribution < -0.4 is 11.1 Å². The van der Waals surface area contributed by atoms with Crippen LogP contribution in [-0.4, -0.2) is 30.4 Å². The van der Waals surface area contributed by atoms with E-state index in [1.54, 1.807) is 0 Å². The predicted molar refractivity (Wildman–Crippen MR) is 74.2 cm³/mol. The number of rotatable bonds is 3. The third-order valence-corrected chi connectivity index (χ3v) is 3.70. The molecule has 2 rings (SSSR count). The van der Waals surface area contributed by atoms with E-state index in [2.05, 4.69) is 24.1 Å². The summed E-state index contributed by atoms with van der Waals surface area (Å²) in [5.74, 6) is 0.519. The molecule has 104 valence electrons. The van der Waals surface area contributed by atoms with E-state index in [-0.39, 0.29) is 11.6 Å². The van der Waals surface area contributed by atoms with E-state index in [9.17, 15) is 9.18 Å². The van der Waals surface area contributed by atoms with Gasteiger partial charge in [-0.3, -0.25) is 9.69 Å². The van der Waals surface area contributed by atoms with Gasteiger partial charge in [0, 0.05) is 18.8 Å². The van der Waals surface area contributed by atoms with Crippen LogP contribution >= 0.6 is 0 Å². The number of benzene rings is 1. The molecule has 0 aromatic heterocycles. The fraction of sp³-hybridized carbons (Fsp3) is 0.500. The second-order valence-corrected chi connectivity index (χ2v) is 5.44. The summed E-state index contributed by atoms with van der Waals surface area (Å²) >= 11 is 0. The minimum absolute atomic E-state index is 0.144. The lowest BCUT2D eigenvalue weighted by Crippen LogP contribution is -2.32. The van der Waals surface area contributed by atoms with Crippen molar-refractivity contribution >= 4 is 17.3 Å². The molecule has 1 fully saturated rings. The van der Waals surface area contributed by atoms with Crippen LogP contribution in [0, 0.1) is 17.7 Å². The van der Waals surface area contributed by atoms with Crippen molar-refractivity contribution in [2.75, 3.05) is 30.7 Å². The molecule has 4 nitrogen and oxygen atoms in total. The zero-order valence-electron chi connectivity index (χ0n) is 11.3. The molecule has 0 spiro atoms. The largest absolute Gasteiger partial charge is 0.399 e. The second-order valence-electron chi connectivity index (χ2n) is 5.44. The van der Waals surface area contributed by atoms with E-state index in [0.717, 1.165) is 13.1 Å². The number of carbonyl (C=O) groups is 1. The Hall–Kier alpha value is -1.62. The van der Waals surface area contributed by atoms with Crippen molar-refractivity contribution in [2.24, 2.45) is 11.8 Å². The maximum Gasteiger partial charge on any atom is 0.238 e. The lowest BCUT2D eigenvalue weighted by atomic mass is 10.0. The summed E-state index contributed by atoms with van der Waals surface area (Å²) in [6.45, 7) is 6.48. The zero-order chi connectivity index (χ0) is 14.0. The van der Waals surface area contributed by atoms with Gasteiger partial charge in [0.1, 0.15) is 5.82 Å². The Morgan fingerprint density at radius 2 is 2.05 bits per heavy atom. The molecule has 2 atom stereocenters. The molecule has 0 radical (unpaired) electrons. The molecule has 3 N–H and O–H groups in total. The number of likely N-dealkylation sites (tertiary alicyclic amines) is 1. The third kappa shape index (κ3) is 3.44. The van der Waals surface area contributed by atoms with Gasteiger partial charge in [-0.1, -0.05) is 13.8 Å². The Morgan fingerprint density at radius 1 is 1.42 bits per heavy atom. The first kappa shape index (κ1) is 13.8. The van der Waals surface area contributed by atoms with Gasteiger partial charge in [0.05, 0.1) is 12.2 Å². The molecule has 1 aliphatic heterocycles. The molecule has 1 heterocycles. The van der Waals surface area contributed by atoms with Crippen LogP contribution in [0.15, 0.2) is 18.2 Å². The van der Waals surface area contributed by atoms with Crippen molar-refractivity contribution in [3.05, 3.63) is 24.0 Å². The number of hydrogen-bond donors (Lipinski definition) is 2. The average Bonchev–Trinajstić information content (AvgIpc) is 2.63. The Kier molecular flexibility index (Phi) is 4.04. The summed E-state index contributed by atoms with van der Waals surface area (Å²) in [7, 11) is 0. The van der Waals surface area contributed by atoms with Crippen molar-refractivity contribution in [1.82, 2.24) is 4.90 Å². The molecule has 0 bridgehead atoms. The van der Waals surface area contributed by atoms with E-state index < -0.39 is 5.82 Å². The number of nitrogens with one attached hydrogen (secondary N) is 1. The predicted octanol–water partition coefficient (Wildman–Crippen LogP) is 1.93. The number of nitrogens with two attached hydrogens (primary N) is 1. The van der Waals surface area contributed by atoms with Crippen LogP contribution in [0.4, 0.5) is 15.8 Å². The summed E-state index contributed by atoms with van der Waals surface area (Å²) in [6, 6.07) is 4.15. The molecule has 0 saturated carbocycles.